The minimum atomic E-state index is -4.92. The molecule has 0 bridgehead atoms. The van der Waals surface area contributed by atoms with Crippen molar-refractivity contribution in [3.63, 3.8) is 0 Å². The average molecular weight is 612 g/mol. The van der Waals surface area contributed by atoms with Gasteiger partial charge in [-0.05, 0) is 63.1 Å². The molecule has 0 fully saturated rings. The number of nitrogens with one attached hydrogen (secondary N) is 3. The van der Waals surface area contributed by atoms with Crippen molar-refractivity contribution in [2.75, 3.05) is 30.4 Å². The summed E-state index contributed by atoms with van der Waals surface area (Å²) in [5.74, 6) is -1.95. The Balaban J connectivity index is 1.79. The summed E-state index contributed by atoms with van der Waals surface area (Å²) >= 11 is 0. The Kier molecular flexibility index (Phi) is 10.6. The molecule has 44 heavy (non-hydrogen) atoms. The predicted molar refractivity (Wildman–Crippen MR) is 161 cm³/mol. The van der Waals surface area contributed by atoms with Crippen molar-refractivity contribution in [3.05, 3.63) is 66.7 Å². The van der Waals surface area contributed by atoms with Gasteiger partial charge in [0.05, 0.1) is 29.7 Å². The van der Waals surface area contributed by atoms with E-state index >= 15 is 0 Å². The fourth-order valence-electron chi connectivity index (χ4n) is 4.96. The number of pyridine rings is 1. The van der Waals surface area contributed by atoms with Crippen LogP contribution < -0.4 is 20.5 Å². The van der Waals surface area contributed by atoms with Gasteiger partial charge < -0.3 is 14.8 Å². The first-order valence-corrected chi connectivity index (χ1v) is 14.3. The van der Waals surface area contributed by atoms with Crippen LogP contribution in [0.5, 0.6) is 0 Å². The molecule has 4 rings (SSSR count). The van der Waals surface area contributed by atoms with E-state index < -0.39 is 24.3 Å². The third kappa shape index (κ3) is 7.94. The smallest absolute Gasteiger partial charge is 0.450 e. The summed E-state index contributed by atoms with van der Waals surface area (Å²) < 4.78 is 49.8. The number of carbonyl (C=O) groups is 3. The number of aromatic nitrogens is 1. The molecule has 0 radical (unpaired) electrons. The lowest BCUT2D eigenvalue weighted by atomic mass is 9.97. The maximum Gasteiger partial charge on any atom is 0.471 e. The highest BCUT2D eigenvalue weighted by Gasteiger charge is 2.38. The van der Waals surface area contributed by atoms with Crippen LogP contribution in [-0.4, -0.2) is 44.0 Å². The number of ether oxygens (including phenoxy) is 2. The Morgan fingerprint density at radius 2 is 1.36 bits per heavy atom. The van der Waals surface area contributed by atoms with Gasteiger partial charge in [0, 0.05) is 35.7 Å². The number of anilines is 2. The maximum atomic E-state index is 12.5. The van der Waals surface area contributed by atoms with Crippen molar-refractivity contribution in [1.29, 1.82) is 0 Å². The molecule has 0 unspecified atom stereocenters. The summed E-state index contributed by atoms with van der Waals surface area (Å²) in [5, 5.41) is 10.1. The standard InChI is InChI=1S/C32H33F3N4O5/c1-3-43-30(41)37-22-13-15-24-25-16-14-23(38-31(42)44-4-2)20-27(25)39(18-10-6-9-17-36-29(40)32(33,34)35)28(26(24)19-22)21-11-7-5-8-12-21/h5,7-8,11-16,19-20H,3-4,6,9-10,17-18H2,1-2H3,(H2,36,37,40,41)/p+1. The largest absolute Gasteiger partial charge is 0.471 e. The Hall–Kier alpha value is -4.87. The topological polar surface area (TPSA) is 110 Å². The second kappa shape index (κ2) is 14.5. The normalized spacial score (nSPS) is 11.3. The van der Waals surface area contributed by atoms with Crippen molar-refractivity contribution in [2.24, 2.45) is 0 Å². The number of aryl methyl sites for hydroxylation is 1. The van der Waals surface area contributed by atoms with E-state index in [-0.39, 0.29) is 19.8 Å². The molecule has 3 N–H and O–H groups in total. The molecule has 3 amide bonds. The zero-order valence-electron chi connectivity index (χ0n) is 24.4. The molecule has 0 saturated heterocycles. The summed E-state index contributed by atoms with van der Waals surface area (Å²) in [6, 6.07) is 20.8. The van der Waals surface area contributed by atoms with E-state index in [0.29, 0.717) is 37.2 Å². The third-order valence-electron chi connectivity index (χ3n) is 6.82. The third-order valence-corrected chi connectivity index (χ3v) is 6.82. The number of halogens is 3. The van der Waals surface area contributed by atoms with Gasteiger partial charge in [0.25, 0.3) is 0 Å². The van der Waals surface area contributed by atoms with E-state index in [0.717, 1.165) is 32.9 Å². The Morgan fingerprint density at radius 3 is 1.98 bits per heavy atom. The highest BCUT2D eigenvalue weighted by molar-refractivity contribution is 6.11. The molecule has 3 aromatic carbocycles. The molecule has 1 heterocycles. The van der Waals surface area contributed by atoms with Gasteiger partial charge in [0.1, 0.15) is 6.54 Å². The Labute approximate surface area is 252 Å². The number of alkyl halides is 3. The van der Waals surface area contributed by atoms with Gasteiger partial charge in [-0.25, -0.2) is 9.59 Å². The van der Waals surface area contributed by atoms with Crippen LogP contribution in [0.15, 0.2) is 66.7 Å². The minimum absolute atomic E-state index is 0.0937. The van der Waals surface area contributed by atoms with Gasteiger partial charge in [-0.15, -0.1) is 0 Å². The highest BCUT2D eigenvalue weighted by Crippen LogP contribution is 2.34. The van der Waals surface area contributed by atoms with E-state index in [1.54, 1.807) is 26.0 Å². The number of hydrogen-bond donors (Lipinski definition) is 3. The first-order valence-electron chi connectivity index (χ1n) is 14.3. The number of nitrogens with zero attached hydrogens (tertiary/aromatic N) is 1. The highest BCUT2D eigenvalue weighted by atomic mass is 19.4. The van der Waals surface area contributed by atoms with E-state index in [9.17, 15) is 27.6 Å². The zero-order chi connectivity index (χ0) is 31.7. The number of unbranched alkanes of at least 4 members (excludes halogenated alkanes) is 2. The Bertz CT molecular complexity index is 1640. The number of benzene rings is 3. The van der Waals surface area contributed by atoms with Crippen molar-refractivity contribution in [2.45, 2.75) is 45.8 Å². The van der Waals surface area contributed by atoms with E-state index in [1.165, 1.54) is 0 Å². The lowest BCUT2D eigenvalue weighted by Crippen LogP contribution is -2.38. The molecular weight excluding hydrogens is 577 g/mol. The van der Waals surface area contributed by atoms with Crippen molar-refractivity contribution in [3.8, 4) is 11.3 Å². The average Bonchev–Trinajstić information content (AvgIpc) is 2.98. The molecule has 0 aliphatic heterocycles. The van der Waals surface area contributed by atoms with Gasteiger partial charge in [-0.1, -0.05) is 24.3 Å². The summed E-state index contributed by atoms with van der Waals surface area (Å²) in [6.45, 7) is 4.25. The summed E-state index contributed by atoms with van der Waals surface area (Å²) in [7, 11) is 0. The van der Waals surface area contributed by atoms with Gasteiger partial charge in [-0.2, -0.15) is 17.7 Å². The molecule has 0 spiro atoms. The molecule has 0 atom stereocenters. The Morgan fingerprint density at radius 1 is 0.750 bits per heavy atom. The van der Waals surface area contributed by atoms with Crippen LogP contribution in [0.2, 0.25) is 0 Å². The van der Waals surface area contributed by atoms with Crippen LogP contribution in [0.4, 0.5) is 34.1 Å². The van der Waals surface area contributed by atoms with Crippen LogP contribution in [0, 0.1) is 0 Å². The molecule has 0 aliphatic rings. The van der Waals surface area contributed by atoms with Crippen LogP contribution >= 0.6 is 0 Å². The second-order valence-electron chi connectivity index (χ2n) is 9.86. The van der Waals surface area contributed by atoms with Crippen molar-refractivity contribution >= 4 is 51.1 Å². The fraction of sp³-hybridized carbons (Fsp3) is 0.312. The lowest BCUT2D eigenvalue weighted by molar-refractivity contribution is -0.659. The molecule has 0 aliphatic carbocycles. The number of amides is 3. The van der Waals surface area contributed by atoms with Crippen LogP contribution in [0.1, 0.15) is 33.1 Å². The SMILES string of the molecule is CCOC(=O)Nc1ccc2c(c1)c(-c1ccccc1)[n+](CCCCCNC(=O)C(F)(F)F)c1cc(NC(=O)OCC)ccc21. The van der Waals surface area contributed by atoms with Crippen LogP contribution in [0.3, 0.4) is 0 Å². The van der Waals surface area contributed by atoms with Crippen molar-refractivity contribution in [1.82, 2.24) is 5.32 Å². The summed E-state index contributed by atoms with van der Waals surface area (Å²) in [4.78, 5) is 35.6. The van der Waals surface area contributed by atoms with E-state index in [1.807, 2.05) is 59.9 Å². The van der Waals surface area contributed by atoms with Gasteiger partial charge in [0.15, 0.2) is 0 Å². The summed E-state index contributed by atoms with van der Waals surface area (Å²) in [6.07, 6.45) is -4.58. The molecule has 12 heteroatoms. The van der Waals surface area contributed by atoms with E-state index in [4.69, 9.17) is 9.47 Å². The molecule has 9 nitrogen and oxygen atoms in total. The number of fused-ring (bicyclic) bond motifs is 3. The van der Waals surface area contributed by atoms with Gasteiger partial charge in [0.2, 0.25) is 11.2 Å². The summed E-state index contributed by atoms with van der Waals surface area (Å²) in [5.41, 5.74) is 3.62. The first kappa shape index (κ1) is 32.1. The monoisotopic (exact) mass is 611 g/mol. The number of carbonyl (C=O) groups excluding carboxylic acids is 3. The number of rotatable bonds is 11. The lowest BCUT2D eigenvalue weighted by Gasteiger charge is -2.15. The van der Waals surface area contributed by atoms with Crippen LogP contribution in [0.25, 0.3) is 32.9 Å². The second-order valence-corrected chi connectivity index (χ2v) is 9.86. The molecule has 232 valence electrons. The van der Waals surface area contributed by atoms with Crippen molar-refractivity contribution < 1.29 is 41.6 Å². The maximum absolute atomic E-state index is 12.5. The molecule has 0 saturated carbocycles. The molecule has 1 aromatic heterocycles. The quantitative estimate of drug-likeness (QED) is 0.0968. The molecular formula is C32H34F3N4O5+. The predicted octanol–water partition coefficient (Wildman–Crippen LogP) is 6.93. The fourth-order valence-corrected chi connectivity index (χ4v) is 4.96. The zero-order valence-corrected chi connectivity index (χ0v) is 24.4. The molecule has 4 aromatic rings. The van der Waals surface area contributed by atoms with Gasteiger partial charge >= 0.3 is 24.3 Å². The first-order chi connectivity index (χ1) is 21.1. The number of hydrogen-bond acceptors (Lipinski definition) is 5. The van der Waals surface area contributed by atoms with Gasteiger partial charge in [-0.3, -0.25) is 15.4 Å². The van der Waals surface area contributed by atoms with Crippen LogP contribution in [-0.2, 0) is 20.8 Å². The van der Waals surface area contributed by atoms with E-state index in [2.05, 4.69) is 15.2 Å². The minimum Gasteiger partial charge on any atom is -0.450 e.